The van der Waals surface area contributed by atoms with Crippen LogP contribution in [0.25, 0.3) is 5.65 Å². The summed E-state index contributed by atoms with van der Waals surface area (Å²) in [6.45, 7) is 4.37. The minimum absolute atomic E-state index is 0.0198. The van der Waals surface area contributed by atoms with Crippen molar-refractivity contribution in [3.63, 3.8) is 0 Å². The van der Waals surface area contributed by atoms with Crippen LogP contribution in [0.3, 0.4) is 0 Å². The van der Waals surface area contributed by atoms with Gasteiger partial charge in [-0.2, -0.15) is 5.10 Å². The molecule has 13 heteroatoms. The fourth-order valence-corrected chi connectivity index (χ4v) is 4.09. The van der Waals surface area contributed by atoms with Crippen LogP contribution >= 0.6 is 11.6 Å². The van der Waals surface area contributed by atoms with E-state index in [-0.39, 0.29) is 41.1 Å². The SMILES string of the molecule is CC(C)(C)OC(=O)CNC(=O)c1cc(C(=O)NCc2ccc(F)c(F)c2)nc2c(C(=O)Cc3ccccc3Cl)cnn12. The number of ether oxygens (including phenoxy) is 1. The topological polar surface area (TPSA) is 132 Å². The Kier molecular flexibility index (Phi) is 8.96. The number of hydrogen-bond donors (Lipinski definition) is 2. The molecule has 0 aliphatic rings. The molecule has 0 spiro atoms. The fraction of sp³-hybridized carbons (Fsp3) is 0.241. The van der Waals surface area contributed by atoms with E-state index in [0.717, 1.165) is 22.7 Å². The highest BCUT2D eigenvalue weighted by molar-refractivity contribution is 6.31. The maximum Gasteiger partial charge on any atom is 0.325 e. The molecule has 2 heterocycles. The number of carbonyl (C=O) groups is 4. The van der Waals surface area contributed by atoms with Gasteiger partial charge in [0.2, 0.25) is 0 Å². The second-order valence-electron chi connectivity index (χ2n) is 10.2. The van der Waals surface area contributed by atoms with Crippen LogP contribution in [0.1, 0.15) is 63.2 Å². The molecule has 0 saturated heterocycles. The lowest BCUT2D eigenvalue weighted by atomic mass is 10.1. The van der Waals surface area contributed by atoms with Gasteiger partial charge in [0.1, 0.15) is 23.5 Å². The van der Waals surface area contributed by atoms with Gasteiger partial charge in [0, 0.05) is 24.1 Å². The maximum atomic E-state index is 13.6. The van der Waals surface area contributed by atoms with Crippen molar-refractivity contribution in [1.29, 1.82) is 0 Å². The molecule has 0 fully saturated rings. The molecule has 2 amide bonds. The van der Waals surface area contributed by atoms with E-state index in [4.69, 9.17) is 16.3 Å². The van der Waals surface area contributed by atoms with Crippen LogP contribution < -0.4 is 10.6 Å². The highest BCUT2D eigenvalue weighted by atomic mass is 35.5. The van der Waals surface area contributed by atoms with E-state index in [2.05, 4.69) is 20.7 Å². The summed E-state index contributed by atoms with van der Waals surface area (Å²) in [7, 11) is 0. The number of aromatic nitrogens is 3. The fourth-order valence-electron chi connectivity index (χ4n) is 3.89. The van der Waals surface area contributed by atoms with Crippen molar-refractivity contribution in [3.05, 3.63) is 99.5 Å². The van der Waals surface area contributed by atoms with Gasteiger partial charge in [-0.3, -0.25) is 19.2 Å². The van der Waals surface area contributed by atoms with Crippen LogP contribution in [-0.2, 0) is 22.5 Å². The standard InChI is InChI=1S/C29H26ClF2N5O5/c1-29(2,3)42-25(39)15-34-28(41)23-12-22(27(40)33-13-16-8-9-20(31)21(32)10-16)36-26-18(14-35-37(23)26)24(38)11-17-6-4-5-7-19(17)30/h4-10,12,14H,11,13,15H2,1-3H3,(H,33,40)(H,34,41). The number of benzene rings is 2. The molecule has 10 nitrogen and oxygen atoms in total. The Morgan fingerprint density at radius 2 is 1.71 bits per heavy atom. The van der Waals surface area contributed by atoms with Gasteiger partial charge in [-0.05, 0) is 50.1 Å². The first-order valence-corrected chi connectivity index (χ1v) is 13.1. The largest absolute Gasteiger partial charge is 0.459 e. The van der Waals surface area contributed by atoms with Gasteiger partial charge in [-0.1, -0.05) is 35.9 Å². The summed E-state index contributed by atoms with van der Waals surface area (Å²) in [5, 5.41) is 9.47. The molecule has 218 valence electrons. The van der Waals surface area contributed by atoms with E-state index in [1.165, 1.54) is 12.3 Å². The molecule has 4 rings (SSSR count). The zero-order valence-electron chi connectivity index (χ0n) is 22.8. The third-order valence-electron chi connectivity index (χ3n) is 5.80. The third-order valence-corrected chi connectivity index (χ3v) is 6.17. The van der Waals surface area contributed by atoms with Gasteiger partial charge in [-0.15, -0.1) is 0 Å². The smallest absolute Gasteiger partial charge is 0.325 e. The number of halogens is 3. The van der Waals surface area contributed by atoms with Crippen molar-refractivity contribution in [1.82, 2.24) is 25.2 Å². The first-order valence-electron chi connectivity index (χ1n) is 12.7. The Bertz CT molecular complexity index is 1700. The van der Waals surface area contributed by atoms with Crippen molar-refractivity contribution in [2.75, 3.05) is 6.54 Å². The van der Waals surface area contributed by atoms with Gasteiger partial charge in [0.05, 0.1) is 11.8 Å². The number of hydrogen-bond acceptors (Lipinski definition) is 7. The van der Waals surface area contributed by atoms with Crippen LogP contribution in [0.2, 0.25) is 5.02 Å². The Morgan fingerprint density at radius 3 is 2.40 bits per heavy atom. The highest BCUT2D eigenvalue weighted by Crippen LogP contribution is 2.20. The summed E-state index contributed by atoms with van der Waals surface area (Å²) in [6, 6.07) is 11.1. The van der Waals surface area contributed by atoms with Gasteiger partial charge >= 0.3 is 5.97 Å². The van der Waals surface area contributed by atoms with Crippen LogP contribution in [0.5, 0.6) is 0 Å². The van der Waals surface area contributed by atoms with Crippen LogP contribution in [0.15, 0.2) is 54.7 Å². The molecule has 2 N–H and O–H groups in total. The molecule has 2 aromatic carbocycles. The van der Waals surface area contributed by atoms with E-state index in [0.29, 0.717) is 10.6 Å². The molecule has 0 bridgehead atoms. The molecule has 0 aliphatic carbocycles. The molecular formula is C29H26ClF2N5O5. The second kappa shape index (κ2) is 12.4. The van der Waals surface area contributed by atoms with Crippen LogP contribution in [-0.4, -0.2) is 50.3 Å². The van der Waals surface area contributed by atoms with Crippen molar-refractivity contribution < 1.29 is 32.7 Å². The lowest BCUT2D eigenvalue weighted by Gasteiger charge is -2.19. The molecule has 0 atom stereocenters. The first kappa shape index (κ1) is 30.3. The van der Waals surface area contributed by atoms with Crippen molar-refractivity contribution in [2.24, 2.45) is 0 Å². The Morgan fingerprint density at radius 1 is 0.976 bits per heavy atom. The number of esters is 1. The lowest BCUT2D eigenvalue weighted by Crippen LogP contribution is -2.35. The Balaban J connectivity index is 1.66. The summed E-state index contributed by atoms with van der Waals surface area (Å²) < 4.78 is 33.2. The van der Waals surface area contributed by atoms with Gasteiger partial charge in [0.15, 0.2) is 23.1 Å². The molecule has 4 aromatic rings. The molecular weight excluding hydrogens is 572 g/mol. The number of nitrogens with zero attached hydrogens (tertiary/aromatic N) is 3. The molecule has 0 radical (unpaired) electrons. The zero-order valence-corrected chi connectivity index (χ0v) is 23.6. The number of carbonyl (C=O) groups excluding carboxylic acids is 4. The number of nitrogens with one attached hydrogen (secondary N) is 2. The lowest BCUT2D eigenvalue weighted by molar-refractivity contribution is -0.153. The van der Waals surface area contributed by atoms with Crippen molar-refractivity contribution in [3.8, 4) is 0 Å². The molecule has 0 saturated carbocycles. The monoisotopic (exact) mass is 597 g/mol. The number of fused-ring (bicyclic) bond motifs is 1. The van der Waals surface area contributed by atoms with E-state index in [1.807, 2.05) is 0 Å². The quantitative estimate of drug-likeness (QED) is 0.219. The minimum Gasteiger partial charge on any atom is -0.459 e. The number of rotatable bonds is 9. The van der Waals surface area contributed by atoms with Gasteiger partial charge in [0.25, 0.3) is 11.8 Å². The predicted molar refractivity (Wildman–Crippen MR) is 148 cm³/mol. The highest BCUT2D eigenvalue weighted by Gasteiger charge is 2.24. The number of Topliss-reactive ketones (excluding diaryl/α,β-unsaturated/α-hetero) is 1. The minimum atomic E-state index is -1.08. The summed E-state index contributed by atoms with van der Waals surface area (Å²) in [5.74, 6) is -4.79. The van der Waals surface area contributed by atoms with Gasteiger partial charge < -0.3 is 15.4 Å². The van der Waals surface area contributed by atoms with Crippen molar-refractivity contribution in [2.45, 2.75) is 39.3 Å². The Hall–Kier alpha value is -4.71. The van der Waals surface area contributed by atoms with E-state index < -0.39 is 47.3 Å². The first-order chi connectivity index (χ1) is 19.8. The normalized spacial score (nSPS) is 11.3. The number of ketones is 1. The third kappa shape index (κ3) is 7.32. The number of amides is 2. The predicted octanol–water partition coefficient (Wildman–Crippen LogP) is 4.09. The van der Waals surface area contributed by atoms with Crippen molar-refractivity contribution >= 4 is 40.8 Å². The zero-order chi connectivity index (χ0) is 30.6. The second-order valence-corrected chi connectivity index (χ2v) is 10.6. The summed E-state index contributed by atoms with van der Waals surface area (Å²) in [4.78, 5) is 55.9. The summed E-state index contributed by atoms with van der Waals surface area (Å²) in [5.41, 5.74) is -0.471. The average molecular weight is 598 g/mol. The summed E-state index contributed by atoms with van der Waals surface area (Å²) in [6.07, 6.45) is 1.12. The maximum absolute atomic E-state index is 13.6. The average Bonchev–Trinajstić information content (AvgIpc) is 3.36. The summed E-state index contributed by atoms with van der Waals surface area (Å²) >= 11 is 6.21. The van der Waals surface area contributed by atoms with E-state index >= 15 is 0 Å². The van der Waals surface area contributed by atoms with Crippen LogP contribution in [0, 0.1) is 11.6 Å². The molecule has 0 unspecified atom stereocenters. The van der Waals surface area contributed by atoms with Crippen LogP contribution in [0.4, 0.5) is 8.78 Å². The van der Waals surface area contributed by atoms with E-state index in [1.54, 1.807) is 45.0 Å². The molecule has 2 aromatic heterocycles. The van der Waals surface area contributed by atoms with E-state index in [9.17, 15) is 28.0 Å². The Labute approximate surface area is 244 Å². The van der Waals surface area contributed by atoms with Gasteiger partial charge in [-0.25, -0.2) is 18.3 Å². The molecule has 42 heavy (non-hydrogen) atoms. The molecule has 0 aliphatic heterocycles.